The summed E-state index contributed by atoms with van der Waals surface area (Å²) in [6.07, 6.45) is 0.614. The highest BCUT2D eigenvalue weighted by Gasteiger charge is 2.30. The van der Waals surface area contributed by atoms with Gasteiger partial charge in [0.2, 0.25) is 0 Å². The van der Waals surface area contributed by atoms with Crippen LogP contribution in [-0.2, 0) is 4.79 Å². The summed E-state index contributed by atoms with van der Waals surface area (Å²) in [5, 5.41) is 8.75. The molecule has 3 heteroatoms. The Hall–Kier alpha value is -0.830. The Morgan fingerprint density at radius 1 is 1.91 bits per heavy atom. The van der Waals surface area contributed by atoms with Crippen LogP contribution in [0.4, 0.5) is 0 Å². The molecule has 1 atom stereocenters. The summed E-state index contributed by atoms with van der Waals surface area (Å²) in [5.41, 5.74) is 1.03. The molecule has 0 aliphatic carbocycles. The zero-order valence-corrected chi connectivity index (χ0v) is 6.71. The fraction of sp³-hybridized carbons (Fsp3) is 0.625. The van der Waals surface area contributed by atoms with Crippen LogP contribution in [0.15, 0.2) is 12.2 Å². The van der Waals surface area contributed by atoms with E-state index in [0.717, 1.165) is 18.7 Å². The van der Waals surface area contributed by atoms with Crippen LogP contribution >= 0.6 is 0 Å². The molecule has 3 nitrogen and oxygen atoms in total. The van der Waals surface area contributed by atoms with E-state index in [4.69, 9.17) is 5.11 Å². The standard InChI is InChI=1S/C8H13NO2/c1-3-9-5-6(2)4-7(9)8(10)11/h7H,2-5H2,1H3,(H,10,11). The van der Waals surface area contributed by atoms with Crippen molar-refractivity contribution in [1.82, 2.24) is 4.90 Å². The fourth-order valence-corrected chi connectivity index (χ4v) is 1.44. The number of carbonyl (C=O) groups is 1. The first kappa shape index (κ1) is 8.27. The summed E-state index contributed by atoms with van der Waals surface area (Å²) in [6.45, 7) is 7.28. The van der Waals surface area contributed by atoms with Gasteiger partial charge in [0.25, 0.3) is 0 Å². The second-order valence-electron chi connectivity index (χ2n) is 2.87. The van der Waals surface area contributed by atoms with Crippen molar-refractivity contribution in [1.29, 1.82) is 0 Å². The van der Waals surface area contributed by atoms with Gasteiger partial charge < -0.3 is 5.11 Å². The van der Waals surface area contributed by atoms with E-state index in [-0.39, 0.29) is 6.04 Å². The van der Waals surface area contributed by atoms with E-state index in [2.05, 4.69) is 6.58 Å². The first-order chi connectivity index (χ1) is 5.15. The normalized spacial score (nSPS) is 25.9. The maximum Gasteiger partial charge on any atom is 0.321 e. The van der Waals surface area contributed by atoms with Gasteiger partial charge in [0.05, 0.1) is 0 Å². The zero-order chi connectivity index (χ0) is 8.43. The summed E-state index contributed by atoms with van der Waals surface area (Å²) in [7, 11) is 0. The number of carboxylic acids is 1. The van der Waals surface area contributed by atoms with Gasteiger partial charge in [0.1, 0.15) is 6.04 Å². The fourth-order valence-electron chi connectivity index (χ4n) is 1.44. The largest absolute Gasteiger partial charge is 0.480 e. The van der Waals surface area contributed by atoms with Gasteiger partial charge >= 0.3 is 5.97 Å². The number of aliphatic carboxylic acids is 1. The highest BCUT2D eigenvalue weighted by atomic mass is 16.4. The van der Waals surface area contributed by atoms with Crippen molar-refractivity contribution in [2.24, 2.45) is 0 Å². The molecule has 0 saturated carbocycles. The lowest BCUT2D eigenvalue weighted by Crippen LogP contribution is -2.35. The van der Waals surface area contributed by atoms with Gasteiger partial charge in [-0.3, -0.25) is 9.69 Å². The van der Waals surface area contributed by atoms with Gasteiger partial charge in [-0.25, -0.2) is 0 Å². The second-order valence-corrected chi connectivity index (χ2v) is 2.87. The molecule has 0 spiro atoms. The summed E-state index contributed by atoms with van der Waals surface area (Å²) >= 11 is 0. The molecule has 0 radical (unpaired) electrons. The quantitative estimate of drug-likeness (QED) is 0.597. The Labute approximate surface area is 66.3 Å². The Bertz CT molecular complexity index is 189. The molecule has 1 rings (SSSR count). The lowest BCUT2D eigenvalue weighted by atomic mass is 10.2. The topological polar surface area (TPSA) is 40.5 Å². The van der Waals surface area contributed by atoms with Crippen LogP contribution in [0.5, 0.6) is 0 Å². The zero-order valence-electron chi connectivity index (χ0n) is 6.71. The number of rotatable bonds is 2. The average Bonchev–Trinajstić information content (AvgIpc) is 2.30. The summed E-state index contributed by atoms with van der Waals surface area (Å²) < 4.78 is 0. The van der Waals surface area contributed by atoms with Crippen molar-refractivity contribution in [3.63, 3.8) is 0 Å². The summed E-state index contributed by atoms with van der Waals surface area (Å²) in [6, 6.07) is -0.326. The molecule has 0 aromatic heterocycles. The number of hydrogen-bond acceptors (Lipinski definition) is 2. The number of hydrogen-bond donors (Lipinski definition) is 1. The lowest BCUT2D eigenvalue weighted by Gasteiger charge is -2.17. The molecule has 11 heavy (non-hydrogen) atoms. The Morgan fingerprint density at radius 3 is 2.91 bits per heavy atom. The smallest absolute Gasteiger partial charge is 0.321 e. The van der Waals surface area contributed by atoms with E-state index in [1.807, 2.05) is 11.8 Å². The SMILES string of the molecule is C=C1CC(C(=O)O)N(CC)C1. The highest BCUT2D eigenvalue weighted by molar-refractivity contribution is 5.74. The van der Waals surface area contributed by atoms with Gasteiger partial charge in [-0.1, -0.05) is 19.1 Å². The molecule has 1 aliphatic heterocycles. The van der Waals surface area contributed by atoms with Crippen LogP contribution in [0.25, 0.3) is 0 Å². The maximum absolute atomic E-state index is 10.6. The van der Waals surface area contributed by atoms with E-state index in [0.29, 0.717) is 6.42 Å². The van der Waals surface area contributed by atoms with Crippen LogP contribution in [0.3, 0.4) is 0 Å². The van der Waals surface area contributed by atoms with Crippen LogP contribution < -0.4 is 0 Å². The van der Waals surface area contributed by atoms with Crippen molar-refractivity contribution in [3.8, 4) is 0 Å². The van der Waals surface area contributed by atoms with Crippen molar-refractivity contribution in [2.75, 3.05) is 13.1 Å². The third-order valence-electron chi connectivity index (χ3n) is 2.04. The van der Waals surface area contributed by atoms with E-state index < -0.39 is 5.97 Å². The Balaban J connectivity index is 2.64. The minimum absolute atomic E-state index is 0.326. The van der Waals surface area contributed by atoms with Gasteiger partial charge in [0, 0.05) is 6.54 Å². The number of nitrogens with zero attached hydrogens (tertiary/aromatic N) is 1. The molecule has 62 valence electrons. The lowest BCUT2D eigenvalue weighted by molar-refractivity contribution is -0.142. The predicted octanol–water partition coefficient (Wildman–Crippen LogP) is 0.721. The maximum atomic E-state index is 10.6. The highest BCUT2D eigenvalue weighted by Crippen LogP contribution is 2.20. The molecule has 1 fully saturated rings. The van der Waals surface area contributed by atoms with Gasteiger partial charge in [-0.15, -0.1) is 0 Å². The average molecular weight is 155 g/mol. The van der Waals surface area contributed by atoms with E-state index in [1.165, 1.54) is 0 Å². The second kappa shape index (κ2) is 3.05. The Kier molecular flexibility index (Phi) is 2.29. The number of likely N-dealkylation sites (N-methyl/N-ethyl adjacent to an activating group) is 1. The third-order valence-corrected chi connectivity index (χ3v) is 2.04. The molecule has 0 aromatic carbocycles. The molecular weight excluding hydrogens is 142 g/mol. The summed E-state index contributed by atoms with van der Waals surface area (Å²) in [5.74, 6) is -0.731. The predicted molar refractivity (Wildman–Crippen MR) is 42.4 cm³/mol. The molecule has 0 bridgehead atoms. The third kappa shape index (κ3) is 1.60. The molecule has 1 saturated heterocycles. The van der Waals surface area contributed by atoms with E-state index in [1.54, 1.807) is 0 Å². The van der Waals surface area contributed by atoms with Crippen LogP contribution in [0.2, 0.25) is 0 Å². The number of likely N-dealkylation sites (tertiary alicyclic amines) is 1. The molecular formula is C8H13NO2. The minimum atomic E-state index is -0.731. The van der Waals surface area contributed by atoms with E-state index in [9.17, 15) is 4.79 Å². The van der Waals surface area contributed by atoms with Crippen LogP contribution in [0.1, 0.15) is 13.3 Å². The Morgan fingerprint density at radius 2 is 2.55 bits per heavy atom. The van der Waals surface area contributed by atoms with Crippen LogP contribution in [0, 0.1) is 0 Å². The first-order valence-electron chi connectivity index (χ1n) is 3.78. The van der Waals surface area contributed by atoms with Crippen molar-refractivity contribution in [3.05, 3.63) is 12.2 Å². The molecule has 0 amide bonds. The van der Waals surface area contributed by atoms with Crippen molar-refractivity contribution < 1.29 is 9.90 Å². The van der Waals surface area contributed by atoms with E-state index >= 15 is 0 Å². The number of carboxylic acid groups (broad SMARTS) is 1. The molecule has 1 unspecified atom stereocenters. The van der Waals surface area contributed by atoms with Gasteiger partial charge in [-0.05, 0) is 13.0 Å². The van der Waals surface area contributed by atoms with Crippen LogP contribution in [-0.4, -0.2) is 35.1 Å². The van der Waals surface area contributed by atoms with Crippen molar-refractivity contribution >= 4 is 5.97 Å². The summed E-state index contributed by atoms with van der Waals surface area (Å²) in [4.78, 5) is 12.6. The van der Waals surface area contributed by atoms with Gasteiger partial charge in [0.15, 0.2) is 0 Å². The van der Waals surface area contributed by atoms with Gasteiger partial charge in [-0.2, -0.15) is 0 Å². The van der Waals surface area contributed by atoms with Crippen molar-refractivity contribution in [2.45, 2.75) is 19.4 Å². The molecule has 0 aromatic rings. The molecule has 1 aliphatic rings. The monoisotopic (exact) mass is 155 g/mol. The molecule has 1 heterocycles. The first-order valence-corrected chi connectivity index (χ1v) is 3.78. The molecule has 1 N–H and O–H groups in total. The minimum Gasteiger partial charge on any atom is -0.480 e.